The fraction of sp³-hybridized carbons (Fsp3) is 0.417. The van der Waals surface area contributed by atoms with Gasteiger partial charge < -0.3 is 11.1 Å². The predicted molar refractivity (Wildman–Crippen MR) is 74.7 cm³/mol. The number of hydrogen-bond donors (Lipinski definition) is 2. The van der Waals surface area contributed by atoms with Gasteiger partial charge in [-0.15, -0.1) is 11.3 Å². The molecule has 0 spiro atoms. The lowest BCUT2D eigenvalue weighted by molar-refractivity contribution is 0.855. The molecule has 0 aliphatic carbocycles. The summed E-state index contributed by atoms with van der Waals surface area (Å²) in [5.41, 5.74) is 6.63. The molecule has 0 saturated heterocycles. The van der Waals surface area contributed by atoms with E-state index in [1.165, 1.54) is 11.2 Å². The van der Waals surface area contributed by atoms with Crippen LogP contribution in [0.2, 0.25) is 0 Å². The van der Waals surface area contributed by atoms with Crippen molar-refractivity contribution in [2.75, 3.05) is 11.1 Å². The summed E-state index contributed by atoms with van der Waals surface area (Å²) < 4.78 is 0. The standard InChI is InChI=1S/C12H17N5S/c1-4-9-5-14-12(18-9)8(3)17-11-7(2)10(13)15-6-16-11/h5-6,8H,4H2,1-3H3,(H3,13,15,16,17). The van der Waals surface area contributed by atoms with Gasteiger partial charge in [0.1, 0.15) is 23.0 Å². The van der Waals surface area contributed by atoms with E-state index in [1.54, 1.807) is 11.3 Å². The van der Waals surface area contributed by atoms with Crippen LogP contribution in [-0.4, -0.2) is 15.0 Å². The van der Waals surface area contributed by atoms with E-state index < -0.39 is 0 Å². The van der Waals surface area contributed by atoms with Crippen LogP contribution < -0.4 is 11.1 Å². The van der Waals surface area contributed by atoms with Gasteiger partial charge in [-0.25, -0.2) is 15.0 Å². The van der Waals surface area contributed by atoms with Gasteiger partial charge in [0, 0.05) is 16.6 Å². The first-order valence-corrected chi connectivity index (χ1v) is 6.71. The zero-order valence-electron chi connectivity index (χ0n) is 10.8. The predicted octanol–water partition coefficient (Wildman–Crippen LogP) is 2.56. The largest absolute Gasteiger partial charge is 0.383 e. The third-order valence-corrected chi connectivity index (χ3v) is 4.09. The first-order chi connectivity index (χ1) is 8.61. The second kappa shape index (κ2) is 5.30. The Kier molecular flexibility index (Phi) is 3.76. The molecule has 0 aliphatic rings. The van der Waals surface area contributed by atoms with Gasteiger partial charge in [0.15, 0.2) is 0 Å². The molecule has 5 nitrogen and oxygen atoms in total. The van der Waals surface area contributed by atoms with Crippen molar-refractivity contribution in [2.45, 2.75) is 33.2 Å². The minimum Gasteiger partial charge on any atom is -0.383 e. The molecule has 2 aromatic heterocycles. The summed E-state index contributed by atoms with van der Waals surface area (Å²) in [6.07, 6.45) is 4.42. The van der Waals surface area contributed by atoms with Gasteiger partial charge in [-0.05, 0) is 20.3 Å². The topological polar surface area (TPSA) is 76.7 Å². The molecule has 1 atom stereocenters. The molecule has 0 aliphatic heterocycles. The van der Waals surface area contributed by atoms with Crippen LogP contribution in [0.4, 0.5) is 11.6 Å². The lowest BCUT2D eigenvalue weighted by Gasteiger charge is -2.14. The van der Waals surface area contributed by atoms with Crippen LogP contribution in [0, 0.1) is 6.92 Å². The molecule has 0 fully saturated rings. The van der Waals surface area contributed by atoms with Gasteiger partial charge in [0.25, 0.3) is 0 Å². The Balaban J connectivity index is 2.15. The zero-order chi connectivity index (χ0) is 13.1. The highest BCUT2D eigenvalue weighted by Gasteiger charge is 2.12. The average molecular weight is 263 g/mol. The highest BCUT2D eigenvalue weighted by molar-refractivity contribution is 7.11. The number of rotatable bonds is 4. The molecule has 18 heavy (non-hydrogen) atoms. The zero-order valence-corrected chi connectivity index (χ0v) is 11.6. The normalized spacial score (nSPS) is 12.4. The maximum atomic E-state index is 5.76. The maximum absolute atomic E-state index is 5.76. The first kappa shape index (κ1) is 12.8. The van der Waals surface area contributed by atoms with Crippen LogP contribution in [0.3, 0.4) is 0 Å². The van der Waals surface area contributed by atoms with E-state index in [4.69, 9.17) is 5.73 Å². The van der Waals surface area contributed by atoms with Crippen LogP contribution in [0.5, 0.6) is 0 Å². The summed E-state index contributed by atoms with van der Waals surface area (Å²) in [6, 6.07) is 0.114. The second-order valence-corrected chi connectivity index (χ2v) is 5.26. The average Bonchev–Trinajstić information content (AvgIpc) is 2.83. The van der Waals surface area contributed by atoms with Crippen molar-refractivity contribution < 1.29 is 0 Å². The van der Waals surface area contributed by atoms with Crippen molar-refractivity contribution in [3.8, 4) is 0 Å². The monoisotopic (exact) mass is 263 g/mol. The minimum absolute atomic E-state index is 0.114. The summed E-state index contributed by atoms with van der Waals surface area (Å²) in [6.45, 7) is 6.10. The molecule has 6 heteroatoms. The number of aromatic nitrogens is 3. The van der Waals surface area contributed by atoms with Crippen molar-refractivity contribution in [3.05, 3.63) is 28.0 Å². The molecule has 3 N–H and O–H groups in total. The fourth-order valence-electron chi connectivity index (χ4n) is 1.56. The van der Waals surface area contributed by atoms with E-state index in [0.29, 0.717) is 5.82 Å². The van der Waals surface area contributed by atoms with Crippen LogP contribution in [0.15, 0.2) is 12.5 Å². The molecule has 2 rings (SSSR count). The summed E-state index contributed by atoms with van der Waals surface area (Å²) in [4.78, 5) is 13.9. The Hall–Kier alpha value is -1.69. The fourth-order valence-corrected chi connectivity index (χ4v) is 2.42. The Bertz CT molecular complexity index is 537. The van der Waals surface area contributed by atoms with Crippen LogP contribution >= 0.6 is 11.3 Å². The molecular weight excluding hydrogens is 246 g/mol. The smallest absolute Gasteiger partial charge is 0.134 e. The minimum atomic E-state index is 0.114. The van der Waals surface area contributed by atoms with Gasteiger partial charge in [-0.1, -0.05) is 6.92 Å². The summed E-state index contributed by atoms with van der Waals surface area (Å²) in [7, 11) is 0. The second-order valence-electron chi connectivity index (χ2n) is 4.12. The Morgan fingerprint density at radius 1 is 1.39 bits per heavy atom. The summed E-state index contributed by atoms with van der Waals surface area (Å²) in [5.74, 6) is 1.27. The Morgan fingerprint density at radius 3 is 2.83 bits per heavy atom. The van der Waals surface area contributed by atoms with Gasteiger partial charge in [0.2, 0.25) is 0 Å². The first-order valence-electron chi connectivity index (χ1n) is 5.90. The van der Waals surface area contributed by atoms with E-state index in [9.17, 15) is 0 Å². The highest BCUT2D eigenvalue weighted by atomic mass is 32.1. The van der Waals surface area contributed by atoms with E-state index >= 15 is 0 Å². The van der Waals surface area contributed by atoms with Crippen LogP contribution in [0.25, 0.3) is 0 Å². The third kappa shape index (κ3) is 2.59. The lowest BCUT2D eigenvalue weighted by atomic mass is 10.3. The molecule has 0 aromatic carbocycles. The van der Waals surface area contributed by atoms with Gasteiger partial charge in [-0.2, -0.15) is 0 Å². The van der Waals surface area contributed by atoms with Crippen molar-refractivity contribution in [1.29, 1.82) is 0 Å². The number of hydrogen-bond acceptors (Lipinski definition) is 6. The van der Waals surface area contributed by atoms with Crippen molar-refractivity contribution in [1.82, 2.24) is 15.0 Å². The van der Waals surface area contributed by atoms with Gasteiger partial charge in [0.05, 0.1) is 6.04 Å². The lowest BCUT2D eigenvalue weighted by Crippen LogP contribution is -2.10. The van der Waals surface area contributed by atoms with Gasteiger partial charge >= 0.3 is 0 Å². The molecular formula is C12H17N5S. The number of nitrogens with zero attached hydrogens (tertiary/aromatic N) is 3. The van der Waals surface area contributed by atoms with E-state index in [1.807, 2.05) is 13.1 Å². The SMILES string of the molecule is CCc1cnc(C(C)Nc2ncnc(N)c2C)s1. The number of nitrogen functional groups attached to an aromatic ring is 1. The highest BCUT2D eigenvalue weighted by Crippen LogP contribution is 2.25. The number of thiazole rings is 1. The molecule has 0 radical (unpaired) electrons. The van der Waals surface area contributed by atoms with E-state index in [-0.39, 0.29) is 6.04 Å². The number of nitrogens with two attached hydrogens (primary N) is 1. The summed E-state index contributed by atoms with van der Waals surface area (Å²) >= 11 is 1.72. The molecule has 0 amide bonds. The van der Waals surface area contributed by atoms with Gasteiger partial charge in [-0.3, -0.25) is 0 Å². The van der Waals surface area contributed by atoms with Crippen molar-refractivity contribution in [2.24, 2.45) is 0 Å². The summed E-state index contributed by atoms with van der Waals surface area (Å²) in [5, 5.41) is 4.38. The third-order valence-electron chi connectivity index (χ3n) is 2.77. The molecule has 0 saturated carbocycles. The van der Waals surface area contributed by atoms with Crippen molar-refractivity contribution >= 4 is 23.0 Å². The van der Waals surface area contributed by atoms with E-state index in [2.05, 4.69) is 34.1 Å². The molecule has 2 heterocycles. The quantitative estimate of drug-likeness (QED) is 0.886. The van der Waals surface area contributed by atoms with Crippen molar-refractivity contribution in [3.63, 3.8) is 0 Å². The van der Waals surface area contributed by atoms with Crippen LogP contribution in [-0.2, 0) is 6.42 Å². The number of anilines is 2. The Labute approximate surface area is 111 Å². The molecule has 2 aromatic rings. The number of aryl methyl sites for hydroxylation is 1. The molecule has 0 bridgehead atoms. The number of nitrogens with one attached hydrogen (secondary N) is 1. The maximum Gasteiger partial charge on any atom is 0.134 e. The molecule has 1 unspecified atom stereocenters. The van der Waals surface area contributed by atoms with Crippen LogP contribution in [0.1, 0.15) is 35.3 Å². The Morgan fingerprint density at radius 2 is 2.17 bits per heavy atom. The van der Waals surface area contributed by atoms with E-state index in [0.717, 1.165) is 22.8 Å². The molecule has 96 valence electrons.